The quantitative estimate of drug-likeness (QED) is 0.644. The monoisotopic (exact) mass is 259 g/mol. The zero-order valence-corrected chi connectivity index (χ0v) is 12.0. The molecule has 0 saturated heterocycles. The Hall–Kier alpha value is -1.51. The highest BCUT2D eigenvalue weighted by molar-refractivity contribution is 5.92. The molecule has 0 heterocycles. The summed E-state index contributed by atoms with van der Waals surface area (Å²) in [7, 11) is 0. The third-order valence-electron chi connectivity index (χ3n) is 3.98. The van der Waals surface area contributed by atoms with Gasteiger partial charge >= 0.3 is 0 Å². The van der Waals surface area contributed by atoms with Gasteiger partial charge in [-0.1, -0.05) is 37.5 Å². The molecule has 1 saturated carbocycles. The average molecular weight is 259 g/mol. The summed E-state index contributed by atoms with van der Waals surface area (Å²) in [5.74, 6) is 2.14. The fourth-order valence-electron chi connectivity index (χ4n) is 2.56. The van der Waals surface area contributed by atoms with Gasteiger partial charge in [-0.15, -0.1) is 0 Å². The van der Waals surface area contributed by atoms with Gasteiger partial charge in [-0.2, -0.15) is 0 Å². The molecule has 0 radical (unpaired) electrons. The summed E-state index contributed by atoms with van der Waals surface area (Å²) < 4.78 is 0. The Morgan fingerprint density at radius 1 is 1.21 bits per heavy atom. The molecule has 0 amide bonds. The SMILES string of the molecule is Cc1ccc(NC(N)=NCC2CCC(C)CC2)cc1. The number of benzene rings is 1. The van der Waals surface area contributed by atoms with Crippen LogP contribution in [0.5, 0.6) is 0 Å². The van der Waals surface area contributed by atoms with Gasteiger partial charge in [0.15, 0.2) is 5.96 Å². The summed E-state index contributed by atoms with van der Waals surface area (Å²) in [4.78, 5) is 4.47. The zero-order valence-electron chi connectivity index (χ0n) is 12.0. The van der Waals surface area contributed by atoms with Gasteiger partial charge in [0.2, 0.25) is 0 Å². The van der Waals surface area contributed by atoms with Crippen LogP contribution in [0.3, 0.4) is 0 Å². The fraction of sp³-hybridized carbons (Fsp3) is 0.562. The van der Waals surface area contributed by atoms with Crippen LogP contribution in [-0.2, 0) is 0 Å². The Morgan fingerprint density at radius 2 is 1.84 bits per heavy atom. The lowest BCUT2D eigenvalue weighted by atomic mass is 9.83. The van der Waals surface area contributed by atoms with E-state index in [-0.39, 0.29) is 0 Å². The van der Waals surface area contributed by atoms with Crippen molar-refractivity contribution in [2.24, 2.45) is 22.6 Å². The fourth-order valence-corrected chi connectivity index (χ4v) is 2.56. The maximum Gasteiger partial charge on any atom is 0.193 e. The van der Waals surface area contributed by atoms with E-state index in [0.29, 0.717) is 5.96 Å². The van der Waals surface area contributed by atoms with E-state index in [2.05, 4.69) is 36.3 Å². The lowest BCUT2D eigenvalue weighted by Gasteiger charge is -2.24. The van der Waals surface area contributed by atoms with E-state index < -0.39 is 0 Å². The topological polar surface area (TPSA) is 50.4 Å². The van der Waals surface area contributed by atoms with Crippen molar-refractivity contribution in [3.63, 3.8) is 0 Å². The summed E-state index contributed by atoms with van der Waals surface area (Å²) in [5.41, 5.74) is 8.18. The first-order chi connectivity index (χ1) is 9.13. The third-order valence-corrected chi connectivity index (χ3v) is 3.98. The van der Waals surface area contributed by atoms with E-state index in [1.54, 1.807) is 0 Å². The van der Waals surface area contributed by atoms with Gasteiger partial charge in [0.25, 0.3) is 0 Å². The van der Waals surface area contributed by atoms with Crippen LogP contribution in [0, 0.1) is 18.8 Å². The number of nitrogens with one attached hydrogen (secondary N) is 1. The molecule has 0 bridgehead atoms. The van der Waals surface area contributed by atoms with Gasteiger partial charge in [0.1, 0.15) is 0 Å². The molecule has 0 aliphatic heterocycles. The molecule has 1 aromatic carbocycles. The molecular weight excluding hydrogens is 234 g/mol. The van der Waals surface area contributed by atoms with Crippen LogP contribution in [0.1, 0.15) is 38.2 Å². The first-order valence-corrected chi connectivity index (χ1v) is 7.27. The largest absolute Gasteiger partial charge is 0.370 e. The first-order valence-electron chi connectivity index (χ1n) is 7.27. The summed E-state index contributed by atoms with van der Waals surface area (Å²) in [6, 6.07) is 8.19. The van der Waals surface area contributed by atoms with Crippen LogP contribution in [0.2, 0.25) is 0 Å². The minimum atomic E-state index is 0.530. The second-order valence-corrected chi connectivity index (χ2v) is 5.84. The number of hydrogen-bond donors (Lipinski definition) is 2. The molecule has 1 aliphatic carbocycles. The van der Waals surface area contributed by atoms with Gasteiger partial charge in [0, 0.05) is 12.2 Å². The number of anilines is 1. The van der Waals surface area contributed by atoms with Gasteiger partial charge in [-0.05, 0) is 43.7 Å². The summed E-state index contributed by atoms with van der Waals surface area (Å²) >= 11 is 0. The van der Waals surface area contributed by atoms with Gasteiger partial charge in [0.05, 0.1) is 0 Å². The van der Waals surface area contributed by atoms with E-state index in [1.165, 1.54) is 31.2 Å². The third kappa shape index (κ3) is 4.58. The van der Waals surface area contributed by atoms with Crippen molar-refractivity contribution in [1.29, 1.82) is 0 Å². The number of rotatable bonds is 3. The van der Waals surface area contributed by atoms with Gasteiger partial charge < -0.3 is 11.1 Å². The molecule has 2 rings (SSSR count). The maximum atomic E-state index is 5.93. The molecule has 1 aromatic rings. The second kappa shape index (κ2) is 6.60. The molecule has 19 heavy (non-hydrogen) atoms. The predicted molar refractivity (Wildman–Crippen MR) is 82.4 cm³/mol. The smallest absolute Gasteiger partial charge is 0.193 e. The van der Waals surface area contributed by atoms with E-state index in [1.807, 2.05) is 12.1 Å². The molecule has 1 aliphatic rings. The molecular formula is C16H25N3. The number of aryl methyl sites for hydroxylation is 1. The lowest BCUT2D eigenvalue weighted by Crippen LogP contribution is -2.24. The van der Waals surface area contributed by atoms with Crippen molar-refractivity contribution in [3.05, 3.63) is 29.8 Å². The van der Waals surface area contributed by atoms with Gasteiger partial charge in [-0.3, -0.25) is 4.99 Å². The van der Waals surface area contributed by atoms with Crippen LogP contribution in [0.4, 0.5) is 5.69 Å². The second-order valence-electron chi connectivity index (χ2n) is 5.84. The maximum absolute atomic E-state index is 5.93. The standard InChI is InChI=1S/C16H25N3/c1-12-3-7-14(8-4-12)11-18-16(17)19-15-9-5-13(2)6-10-15/h5-6,9-10,12,14H,3-4,7-8,11H2,1-2H3,(H3,17,18,19). The van der Waals surface area contributed by atoms with Gasteiger partial charge in [-0.25, -0.2) is 0 Å². The van der Waals surface area contributed by atoms with Crippen molar-refractivity contribution < 1.29 is 0 Å². The van der Waals surface area contributed by atoms with E-state index in [4.69, 9.17) is 5.73 Å². The Bertz CT molecular complexity index is 414. The minimum Gasteiger partial charge on any atom is -0.370 e. The van der Waals surface area contributed by atoms with Crippen molar-refractivity contribution in [3.8, 4) is 0 Å². The van der Waals surface area contributed by atoms with Crippen molar-refractivity contribution in [2.45, 2.75) is 39.5 Å². The Balaban J connectivity index is 1.80. The summed E-state index contributed by atoms with van der Waals surface area (Å²) in [5, 5.41) is 3.15. The highest BCUT2D eigenvalue weighted by atomic mass is 15.1. The zero-order chi connectivity index (χ0) is 13.7. The predicted octanol–water partition coefficient (Wildman–Crippen LogP) is 3.55. The number of nitrogens with zero attached hydrogens (tertiary/aromatic N) is 1. The molecule has 104 valence electrons. The van der Waals surface area contributed by atoms with E-state index >= 15 is 0 Å². The molecule has 0 aromatic heterocycles. The molecule has 0 atom stereocenters. The molecule has 0 spiro atoms. The van der Waals surface area contributed by atoms with E-state index in [0.717, 1.165) is 24.1 Å². The van der Waals surface area contributed by atoms with Crippen molar-refractivity contribution >= 4 is 11.6 Å². The molecule has 3 nitrogen and oxygen atoms in total. The van der Waals surface area contributed by atoms with Crippen molar-refractivity contribution in [1.82, 2.24) is 0 Å². The molecule has 3 N–H and O–H groups in total. The highest BCUT2D eigenvalue weighted by Gasteiger charge is 2.17. The minimum absolute atomic E-state index is 0.530. The Morgan fingerprint density at radius 3 is 2.47 bits per heavy atom. The average Bonchev–Trinajstić information content (AvgIpc) is 2.41. The lowest BCUT2D eigenvalue weighted by molar-refractivity contribution is 0.296. The van der Waals surface area contributed by atoms with Crippen LogP contribution in [0.15, 0.2) is 29.3 Å². The summed E-state index contributed by atoms with van der Waals surface area (Å²) in [6.07, 6.45) is 5.27. The van der Waals surface area contributed by atoms with Crippen LogP contribution in [-0.4, -0.2) is 12.5 Å². The molecule has 3 heteroatoms. The number of hydrogen-bond acceptors (Lipinski definition) is 1. The van der Waals surface area contributed by atoms with Crippen molar-refractivity contribution in [2.75, 3.05) is 11.9 Å². The number of guanidine groups is 1. The van der Waals surface area contributed by atoms with Crippen LogP contribution < -0.4 is 11.1 Å². The molecule has 0 unspecified atom stereocenters. The Kier molecular flexibility index (Phi) is 4.83. The summed E-state index contributed by atoms with van der Waals surface area (Å²) in [6.45, 7) is 5.27. The highest BCUT2D eigenvalue weighted by Crippen LogP contribution is 2.28. The number of aliphatic imine (C=N–C) groups is 1. The normalized spacial score (nSPS) is 24.2. The molecule has 1 fully saturated rings. The number of nitrogens with two attached hydrogens (primary N) is 1. The van der Waals surface area contributed by atoms with E-state index in [9.17, 15) is 0 Å². The van der Waals surface area contributed by atoms with Crippen LogP contribution >= 0.6 is 0 Å². The Labute approximate surface area is 116 Å². The first kappa shape index (κ1) is 13.9. The van der Waals surface area contributed by atoms with Crippen LogP contribution in [0.25, 0.3) is 0 Å².